The van der Waals surface area contributed by atoms with E-state index >= 15 is 0 Å². The molecule has 3 saturated carbocycles. The highest BCUT2D eigenvalue weighted by molar-refractivity contribution is 4.90. The van der Waals surface area contributed by atoms with Crippen LogP contribution in [-0.2, 0) is 4.74 Å². The molecule has 3 aliphatic rings. The van der Waals surface area contributed by atoms with E-state index in [1.807, 2.05) is 7.11 Å². The maximum atomic E-state index is 5.74. The number of ether oxygens (including phenoxy) is 1. The minimum Gasteiger partial charge on any atom is -0.381 e. The predicted octanol–water partition coefficient (Wildman–Crippen LogP) is 7.65. The average molecular weight is 375 g/mol. The lowest BCUT2D eigenvalue weighted by atomic mass is 9.61. The molecule has 4 unspecified atom stereocenters. The minimum absolute atomic E-state index is 0.510. The average Bonchev–Trinajstić information content (AvgIpc) is 2.71. The van der Waals surface area contributed by atoms with Gasteiger partial charge in [0.15, 0.2) is 0 Å². The molecule has 0 saturated heterocycles. The molecule has 0 radical (unpaired) electrons. The van der Waals surface area contributed by atoms with Gasteiger partial charge in [0.2, 0.25) is 0 Å². The first-order valence-corrected chi connectivity index (χ1v) is 12.3. The van der Waals surface area contributed by atoms with Crippen molar-refractivity contribution in [1.82, 2.24) is 0 Å². The monoisotopic (exact) mass is 374 g/mol. The van der Waals surface area contributed by atoms with Crippen LogP contribution in [0.25, 0.3) is 0 Å². The molecule has 0 heterocycles. The quantitative estimate of drug-likeness (QED) is 0.434. The molecule has 0 bridgehead atoms. The third kappa shape index (κ3) is 5.40. The number of hydrogen-bond acceptors (Lipinski definition) is 1. The summed E-state index contributed by atoms with van der Waals surface area (Å²) in [7, 11) is 1.91. The molecule has 0 amide bonds. The molecule has 3 aliphatic carbocycles. The Morgan fingerprint density at radius 2 is 1.33 bits per heavy atom. The zero-order valence-corrected chi connectivity index (χ0v) is 18.7. The summed E-state index contributed by atoms with van der Waals surface area (Å²) in [4.78, 5) is 0. The van der Waals surface area contributed by atoms with Gasteiger partial charge in [-0.05, 0) is 113 Å². The molecule has 0 aromatic rings. The smallest absolute Gasteiger partial charge is 0.0599 e. The van der Waals surface area contributed by atoms with Crippen molar-refractivity contribution in [3.8, 4) is 0 Å². The number of allylic oxidation sites excluding steroid dienone is 2. The van der Waals surface area contributed by atoms with Crippen LogP contribution >= 0.6 is 0 Å². The van der Waals surface area contributed by atoms with E-state index in [1.54, 1.807) is 0 Å². The molecule has 0 N–H and O–H groups in total. The third-order valence-electron chi connectivity index (χ3n) is 9.14. The van der Waals surface area contributed by atoms with Gasteiger partial charge in [-0.2, -0.15) is 0 Å². The Bertz CT molecular complexity index is 439. The van der Waals surface area contributed by atoms with Crippen molar-refractivity contribution in [2.24, 2.45) is 41.4 Å². The second-order valence-electron chi connectivity index (χ2n) is 10.3. The molecule has 0 aromatic heterocycles. The molecule has 3 rings (SSSR count). The molecule has 0 aromatic carbocycles. The van der Waals surface area contributed by atoms with Crippen LogP contribution in [0.4, 0.5) is 0 Å². The van der Waals surface area contributed by atoms with Gasteiger partial charge in [0.25, 0.3) is 0 Å². The van der Waals surface area contributed by atoms with Crippen LogP contribution in [0.1, 0.15) is 97.8 Å². The van der Waals surface area contributed by atoms with Crippen molar-refractivity contribution in [1.29, 1.82) is 0 Å². The van der Waals surface area contributed by atoms with Crippen LogP contribution in [0.5, 0.6) is 0 Å². The molecule has 27 heavy (non-hydrogen) atoms. The summed E-state index contributed by atoms with van der Waals surface area (Å²) in [5.74, 6) is 6.70. The Morgan fingerprint density at radius 1 is 0.741 bits per heavy atom. The fraction of sp³-hybridized carbons (Fsp3) is 0.923. The van der Waals surface area contributed by atoms with Crippen molar-refractivity contribution < 1.29 is 4.74 Å². The van der Waals surface area contributed by atoms with Crippen molar-refractivity contribution in [2.75, 3.05) is 7.11 Å². The SMILES string of the molecule is C/C=C/CCC1CCC(C2CCC(C3CCC(OC)C(C)C3C)CC2)CC1. The molecule has 0 spiro atoms. The number of methoxy groups -OCH3 is 1. The lowest BCUT2D eigenvalue weighted by Crippen LogP contribution is -2.40. The van der Waals surface area contributed by atoms with Crippen LogP contribution in [0.3, 0.4) is 0 Å². The Morgan fingerprint density at radius 3 is 1.93 bits per heavy atom. The van der Waals surface area contributed by atoms with E-state index < -0.39 is 0 Å². The summed E-state index contributed by atoms with van der Waals surface area (Å²) in [6.07, 6.45) is 22.7. The van der Waals surface area contributed by atoms with Crippen molar-refractivity contribution >= 4 is 0 Å². The molecule has 156 valence electrons. The van der Waals surface area contributed by atoms with E-state index in [0.29, 0.717) is 6.10 Å². The van der Waals surface area contributed by atoms with Gasteiger partial charge in [0, 0.05) is 7.11 Å². The first-order chi connectivity index (χ1) is 13.1. The molecular formula is C26H46O. The summed E-state index contributed by atoms with van der Waals surface area (Å²) in [5.41, 5.74) is 0. The summed E-state index contributed by atoms with van der Waals surface area (Å²) >= 11 is 0. The van der Waals surface area contributed by atoms with Crippen molar-refractivity contribution in [3.63, 3.8) is 0 Å². The maximum absolute atomic E-state index is 5.74. The summed E-state index contributed by atoms with van der Waals surface area (Å²) in [5, 5.41) is 0. The fourth-order valence-corrected chi connectivity index (χ4v) is 7.10. The van der Waals surface area contributed by atoms with Gasteiger partial charge >= 0.3 is 0 Å². The topological polar surface area (TPSA) is 9.23 Å². The predicted molar refractivity (Wildman–Crippen MR) is 117 cm³/mol. The molecule has 1 nitrogen and oxygen atoms in total. The summed E-state index contributed by atoms with van der Waals surface area (Å²) in [6.45, 7) is 7.10. The zero-order valence-electron chi connectivity index (χ0n) is 18.7. The number of hydrogen-bond donors (Lipinski definition) is 0. The van der Waals surface area contributed by atoms with Crippen LogP contribution in [0.15, 0.2) is 12.2 Å². The van der Waals surface area contributed by atoms with Crippen molar-refractivity contribution in [3.05, 3.63) is 12.2 Å². The molecule has 4 atom stereocenters. The van der Waals surface area contributed by atoms with Gasteiger partial charge in [0.05, 0.1) is 6.10 Å². The Kier molecular flexibility index (Phi) is 8.30. The van der Waals surface area contributed by atoms with Crippen LogP contribution in [-0.4, -0.2) is 13.2 Å². The van der Waals surface area contributed by atoms with Gasteiger partial charge < -0.3 is 4.74 Å². The summed E-state index contributed by atoms with van der Waals surface area (Å²) < 4.78 is 5.74. The van der Waals surface area contributed by atoms with E-state index in [-0.39, 0.29) is 0 Å². The lowest BCUT2D eigenvalue weighted by Gasteiger charge is -2.46. The summed E-state index contributed by atoms with van der Waals surface area (Å²) in [6, 6.07) is 0. The maximum Gasteiger partial charge on any atom is 0.0599 e. The first kappa shape index (κ1) is 21.4. The highest BCUT2D eigenvalue weighted by Gasteiger charge is 2.40. The highest BCUT2D eigenvalue weighted by Crippen LogP contribution is 2.48. The van der Waals surface area contributed by atoms with E-state index in [4.69, 9.17) is 4.74 Å². The van der Waals surface area contributed by atoms with Crippen LogP contribution in [0.2, 0.25) is 0 Å². The Balaban J connectivity index is 1.41. The molecule has 1 heteroatoms. The first-order valence-electron chi connectivity index (χ1n) is 12.3. The standard InChI is InChI=1S/C26H46O/c1-5-6-7-8-21-9-11-22(12-10-21)23-13-15-24(16-14-23)25-17-18-26(27-4)20(3)19(25)2/h5-6,19-26H,7-18H2,1-4H3/b6-5+. The van der Waals surface area contributed by atoms with E-state index in [1.165, 1.54) is 77.0 Å². The fourth-order valence-electron chi connectivity index (χ4n) is 7.10. The van der Waals surface area contributed by atoms with E-state index in [0.717, 1.165) is 41.4 Å². The molecular weight excluding hydrogens is 328 g/mol. The lowest BCUT2D eigenvalue weighted by molar-refractivity contribution is -0.0353. The Hall–Kier alpha value is -0.300. The third-order valence-corrected chi connectivity index (χ3v) is 9.14. The van der Waals surface area contributed by atoms with Crippen LogP contribution in [0, 0.1) is 41.4 Å². The Labute approximate surface area is 169 Å². The van der Waals surface area contributed by atoms with Crippen LogP contribution < -0.4 is 0 Å². The number of rotatable bonds is 6. The normalized spacial score (nSPS) is 43.9. The van der Waals surface area contributed by atoms with Gasteiger partial charge in [-0.3, -0.25) is 0 Å². The van der Waals surface area contributed by atoms with Crippen molar-refractivity contribution in [2.45, 2.75) is 104 Å². The molecule has 3 fully saturated rings. The second-order valence-corrected chi connectivity index (χ2v) is 10.3. The van der Waals surface area contributed by atoms with E-state index in [2.05, 4.69) is 32.9 Å². The highest BCUT2D eigenvalue weighted by atomic mass is 16.5. The zero-order chi connectivity index (χ0) is 19.2. The van der Waals surface area contributed by atoms with Gasteiger partial charge in [-0.15, -0.1) is 0 Å². The van der Waals surface area contributed by atoms with Gasteiger partial charge in [-0.25, -0.2) is 0 Å². The largest absolute Gasteiger partial charge is 0.381 e. The second kappa shape index (κ2) is 10.5. The van der Waals surface area contributed by atoms with Gasteiger partial charge in [-0.1, -0.05) is 38.8 Å². The van der Waals surface area contributed by atoms with Gasteiger partial charge in [0.1, 0.15) is 0 Å². The molecule has 0 aliphatic heterocycles. The van der Waals surface area contributed by atoms with E-state index in [9.17, 15) is 0 Å². The minimum atomic E-state index is 0.510.